The summed E-state index contributed by atoms with van der Waals surface area (Å²) in [6.07, 6.45) is 3.49. The maximum absolute atomic E-state index is 12.5. The van der Waals surface area contributed by atoms with Crippen molar-refractivity contribution in [1.29, 1.82) is 0 Å². The van der Waals surface area contributed by atoms with Crippen LogP contribution in [0.5, 0.6) is 0 Å². The van der Waals surface area contributed by atoms with Gasteiger partial charge in [0.15, 0.2) is 6.61 Å². The molecule has 1 amide bonds. The number of halogens is 1. The molecule has 0 saturated heterocycles. The molecule has 0 heterocycles. The lowest BCUT2D eigenvalue weighted by Gasteiger charge is -2.19. The first kappa shape index (κ1) is 19.8. The SMILES string of the molecule is CSc1ccc(CN(C)C(=O)COC(=O)C2(c3ccc(Cl)cc3)CC2)cc1. The number of rotatable bonds is 7. The largest absolute Gasteiger partial charge is 0.455 e. The Balaban J connectivity index is 1.53. The average molecular weight is 404 g/mol. The number of carbonyl (C=O) groups is 2. The van der Waals surface area contributed by atoms with Gasteiger partial charge >= 0.3 is 5.97 Å². The smallest absolute Gasteiger partial charge is 0.317 e. The van der Waals surface area contributed by atoms with Crippen LogP contribution >= 0.6 is 23.4 Å². The van der Waals surface area contributed by atoms with Gasteiger partial charge in [-0.05, 0) is 54.5 Å². The summed E-state index contributed by atoms with van der Waals surface area (Å²) in [6.45, 7) is 0.237. The van der Waals surface area contributed by atoms with Gasteiger partial charge in [0.25, 0.3) is 5.91 Å². The molecule has 0 bridgehead atoms. The zero-order valence-corrected chi connectivity index (χ0v) is 17.0. The Morgan fingerprint density at radius 3 is 2.30 bits per heavy atom. The minimum Gasteiger partial charge on any atom is -0.455 e. The zero-order chi connectivity index (χ0) is 19.4. The van der Waals surface area contributed by atoms with Gasteiger partial charge in [0.1, 0.15) is 0 Å². The number of thioether (sulfide) groups is 1. The van der Waals surface area contributed by atoms with Crippen LogP contribution in [-0.4, -0.2) is 36.7 Å². The summed E-state index contributed by atoms with van der Waals surface area (Å²) in [6, 6.07) is 15.3. The number of carbonyl (C=O) groups excluding carboxylic acids is 2. The van der Waals surface area contributed by atoms with Crippen LogP contribution in [0.2, 0.25) is 5.02 Å². The van der Waals surface area contributed by atoms with Gasteiger partial charge in [-0.25, -0.2) is 0 Å². The predicted octanol–water partition coefficient (Wildman–Crippen LogP) is 4.30. The molecule has 27 heavy (non-hydrogen) atoms. The molecule has 1 fully saturated rings. The Bertz CT molecular complexity index is 816. The topological polar surface area (TPSA) is 46.6 Å². The van der Waals surface area contributed by atoms with Crippen LogP contribution in [0.1, 0.15) is 24.0 Å². The Morgan fingerprint density at radius 1 is 1.11 bits per heavy atom. The Labute approximate surface area is 168 Å². The standard InChI is InChI=1S/C21H22ClNO3S/c1-23(13-15-3-9-18(27-2)10-4-15)19(24)14-26-20(25)21(11-12-21)16-5-7-17(22)8-6-16/h3-10H,11-14H2,1-2H3. The summed E-state index contributed by atoms with van der Waals surface area (Å²) < 4.78 is 5.34. The lowest BCUT2D eigenvalue weighted by molar-refractivity contribution is -0.154. The molecule has 6 heteroatoms. The minimum atomic E-state index is -0.614. The van der Waals surface area contributed by atoms with Crippen molar-refractivity contribution in [3.8, 4) is 0 Å². The molecular formula is C21H22ClNO3S. The Kier molecular flexibility index (Phi) is 6.12. The molecule has 0 aliphatic heterocycles. The molecule has 3 rings (SSSR count). The molecule has 4 nitrogen and oxygen atoms in total. The fourth-order valence-electron chi connectivity index (χ4n) is 2.97. The van der Waals surface area contributed by atoms with Crippen molar-refractivity contribution in [2.24, 2.45) is 0 Å². The number of hydrogen-bond acceptors (Lipinski definition) is 4. The van der Waals surface area contributed by atoms with Gasteiger partial charge in [0, 0.05) is 23.5 Å². The van der Waals surface area contributed by atoms with E-state index in [0.717, 1.165) is 24.0 Å². The van der Waals surface area contributed by atoms with Crippen molar-refractivity contribution in [1.82, 2.24) is 4.90 Å². The molecule has 2 aromatic rings. The molecular weight excluding hydrogens is 382 g/mol. The molecule has 0 N–H and O–H groups in total. The van der Waals surface area contributed by atoms with E-state index in [2.05, 4.69) is 0 Å². The highest BCUT2D eigenvalue weighted by Gasteiger charge is 2.52. The third-order valence-corrected chi connectivity index (χ3v) is 5.86. The van der Waals surface area contributed by atoms with E-state index in [1.165, 1.54) is 4.90 Å². The maximum Gasteiger partial charge on any atom is 0.317 e. The fraction of sp³-hybridized carbons (Fsp3) is 0.333. The van der Waals surface area contributed by atoms with Gasteiger partial charge < -0.3 is 9.64 Å². The van der Waals surface area contributed by atoms with Gasteiger partial charge in [-0.2, -0.15) is 0 Å². The van der Waals surface area contributed by atoms with E-state index in [1.54, 1.807) is 35.8 Å². The van der Waals surface area contributed by atoms with Crippen LogP contribution in [0.15, 0.2) is 53.4 Å². The molecule has 0 unspecified atom stereocenters. The van der Waals surface area contributed by atoms with E-state index in [4.69, 9.17) is 16.3 Å². The van der Waals surface area contributed by atoms with Crippen LogP contribution in [0.25, 0.3) is 0 Å². The molecule has 1 saturated carbocycles. The number of ether oxygens (including phenoxy) is 1. The van der Waals surface area contributed by atoms with E-state index >= 15 is 0 Å². The van der Waals surface area contributed by atoms with Crippen molar-refractivity contribution in [3.05, 3.63) is 64.7 Å². The third-order valence-electron chi connectivity index (χ3n) is 4.87. The van der Waals surface area contributed by atoms with Crippen LogP contribution in [0, 0.1) is 0 Å². The third kappa shape index (κ3) is 4.66. The molecule has 0 atom stereocenters. The van der Waals surface area contributed by atoms with Gasteiger partial charge in [-0.3, -0.25) is 9.59 Å². The van der Waals surface area contributed by atoms with Crippen molar-refractivity contribution in [3.63, 3.8) is 0 Å². The summed E-state index contributed by atoms with van der Waals surface area (Å²) in [5.41, 5.74) is 1.32. The summed E-state index contributed by atoms with van der Waals surface area (Å²) in [5, 5.41) is 0.630. The summed E-state index contributed by atoms with van der Waals surface area (Å²) in [7, 11) is 1.71. The molecule has 1 aliphatic carbocycles. The molecule has 0 radical (unpaired) electrons. The lowest BCUT2D eigenvalue weighted by Crippen LogP contribution is -2.33. The predicted molar refractivity (Wildman–Crippen MR) is 108 cm³/mol. The van der Waals surface area contributed by atoms with Crippen LogP contribution < -0.4 is 0 Å². The van der Waals surface area contributed by atoms with Crippen molar-refractivity contribution >= 4 is 35.2 Å². The second kappa shape index (κ2) is 8.36. The molecule has 142 valence electrons. The first-order valence-electron chi connectivity index (χ1n) is 8.75. The normalized spacial score (nSPS) is 14.5. The minimum absolute atomic E-state index is 0.218. The fourth-order valence-corrected chi connectivity index (χ4v) is 3.51. The van der Waals surface area contributed by atoms with E-state index < -0.39 is 5.41 Å². The highest BCUT2D eigenvalue weighted by Crippen LogP contribution is 2.49. The second-order valence-electron chi connectivity index (χ2n) is 6.76. The van der Waals surface area contributed by atoms with E-state index in [9.17, 15) is 9.59 Å². The van der Waals surface area contributed by atoms with Crippen LogP contribution in [-0.2, 0) is 26.3 Å². The Hall–Kier alpha value is -1.98. The van der Waals surface area contributed by atoms with Crippen molar-refractivity contribution in [2.45, 2.75) is 29.7 Å². The van der Waals surface area contributed by atoms with Crippen LogP contribution in [0.3, 0.4) is 0 Å². The first-order chi connectivity index (χ1) is 12.9. The lowest BCUT2D eigenvalue weighted by atomic mass is 9.96. The van der Waals surface area contributed by atoms with Crippen LogP contribution in [0.4, 0.5) is 0 Å². The number of hydrogen-bond donors (Lipinski definition) is 0. The van der Waals surface area contributed by atoms with Crippen molar-refractivity contribution < 1.29 is 14.3 Å². The number of likely N-dealkylation sites (N-methyl/N-ethyl adjacent to an activating group) is 1. The second-order valence-corrected chi connectivity index (χ2v) is 8.08. The first-order valence-corrected chi connectivity index (χ1v) is 10.3. The highest BCUT2D eigenvalue weighted by atomic mass is 35.5. The van der Waals surface area contributed by atoms with E-state index in [0.29, 0.717) is 11.6 Å². The molecule has 1 aliphatic rings. The maximum atomic E-state index is 12.5. The Morgan fingerprint density at radius 2 is 1.74 bits per heavy atom. The summed E-state index contributed by atoms with van der Waals surface area (Å²) in [4.78, 5) is 27.6. The average Bonchev–Trinajstić information content (AvgIpc) is 3.49. The van der Waals surface area contributed by atoms with Gasteiger partial charge in [-0.1, -0.05) is 35.9 Å². The van der Waals surface area contributed by atoms with Gasteiger partial charge in [0.2, 0.25) is 0 Å². The molecule has 0 spiro atoms. The van der Waals surface area contributed by atoms with E-state index in [-0.39, 0.29) is 18.5 Å². The zero-order valence-electron chi connectivity index (χ0n) is 15.4. The summed E-state index contributed by atoms with van der Waals surface area (Å²) in [5.74, 6) is -0.555. The monoisotopic (exact) mass is 403 g/mol. The van der Waals surface area contributed by atoms with E-state index in [1.807, 2.05) is 42.7 Å². The number of benzene rings is 2. The number of nitrogens with zero attached hydrogens (tertiary/aromatic N) is 1. The van der Waals surface area contributed by atoms with Crippen molar-refractivity contribution in [2.75, 3.05) is 19.9 Å². The van der Waals surface area contributed by atoms with Gasteiger partial charge in [-0.15, -0.1) is 11.8 Å². The number of esters is 1. The van der Waals surface area contributed by atoms with Gasteiger partial charge in [0.05, 0.1) is 5.41 Å². The summed E-state index contributed by atoms with van der Waals surface area (Å²) >= 11 is 7.59. The molecule has 2 aromatic carbocycles. The number of amides is 1. The highest BCUT2D eigenvalue weighted by molar-refractivity contribution is 7.98. The quantitative estimate of drug-likeness (QED) is 0.511. The molecule has 0 aromatic heterocycles.